The van der Waals surface area contributed by atoms with Crippen molar-refractivity contribution >= 4 is 11.6 Å². The lowest BCUT2D eigenvalue weighted by molar-refractivity contribution is 0.460. The standard InChI is InChI=1S/C24H20ClF2N3O2/c1-14-6-21(4-5-22(14)29-11-15(2)28-13-29)32-23-9-18(25)12-30(24(23)31)16(3)17-7-19(26)10-20(27)8-17/h4-13,16H,1-3H3/t16-/m0/s1. The molecule has 0 fully saturated rings. The highest BCUT2D eigenvalue weighted by Gasteiger charge is 2.17. The molecule has 0 aliphatic rings. The normalized spacial score (nSPS) is 12.1. The highest BCUT2D eigenvalue weighted by molar-refractivity contribution is 6.30. The third-order valence-electron chi connectivity index (χ3n) is 5.15. The maximum Gasteiger partial charge on any atom is 0.294 e. The van der Waals surface area contributed by atoms with Crippen LogP contribution in [0, 0.1) is 25.5 Å². The summed E-state index contributed by atoms with van der Waals surface area (Å²) in [6.07, 6.45) is 5.06. The molecule has 0 radical (unpaired) electrons. The molecule has 0 saturated carbocycles. The minimum absolute atomic E-state index is 0.00634. The number of halogens is 3. The largest absolute Gasteiger partial charge is 0.451 e. The predicted molar refractivity (Wildman–Crippen MR) is 119 cm³/mol. The third kappa shape index (κ3) is 4.43. The maximum absolute atomic E-state index is 13.7. The molecule has 0 unspecified atom stereocenters. The first kappa shape index (κ1) is 21.8. The highest BCUT2D eigenvalue weighted by atomic mass is 35.5. The van der Waals surface area contributed by atoms with Gasteiger partial charge in [0.1, 0.15) is 17.4 Å². The van der Waals surface area contributed by atoms with Crippen molar-refractivity contribution in [3.8, 4) is 17.2 Å². The van der Waals surface area contributed by atoms with Gasteiger partial charge in [-0.25, -0.2) is 13.8 Å². The van der Waals surface area contributed by atoms with Crippen molar-refractivity contribution in [3.63, 3.8) is 0 Å². The second-order valence-corrected chi connectivity index (χ2v) is 8.02. The summed E-state index contributed by atoms with van der Waals surface area (Å²) in [5.41, 5.74) is 2.58. The first-order valence-electron chi connectivity index (χ1n) is 9.88. The van der Waals surface area contributed by atoms with E-state index in [2.05, 4.69) is 4.98 Å². The van der Waals surface area contributed by atoms with Gasteiger partial charge in [-0.2, -0.15) is 0 Å². The molecule has 4 rings (SSSR count). The van der Waals surface area contributed by atoms with Crippen LogP contribution < -0.4 is 10.3 Å². The van der Waals surface area contributed by atoms with Crippen molar-refractivity contribution in [1.82, 2.24) is 14.1 Å². The smallest absolute Gasteiger partial charge is 0.294 e. The zero-order valence-electron chi connectivity index (χ0n) is 17.6. The Morgan fingerprint density at radius 1 is 1.03 bits per heavy atom. The zero-order chi connectivity index (χ0) is 23.0. The van der Waals surface area contributed by atoms with Gasteiger partial charge in [0.05, 0.1) is 23.1 Å². The molecule has 164 valence electrons. The number of aromatic nitrogens is 3. The monoisotopic (exact) mass is 455 g/mol. The number of benzene rings is 2. The van der Waals surface area contributed by atoms with Crippen LogP contribution >= 0.6 is 11.6 Å². The summed E-state index contributed by atoms with van der Waals surface area (Å²) >= 11 is 6.22. The molecule has 2 heterocycles. The van der Waals surface area contributed by atoms with Gasteiger partial charge in [0, 0.05) is 30.2 Å². The van der Waals surface area contributed by atoms with Crippen molar-refractivity contribution in [2.75, 3.05) is 0 Å². The van der Waals surface area contributed by atoms with E-state index in [0.29, 0.717) is 11.3 Å². The SMILES string of the molecule is Cc1cn(-c2ccc(Oc3cc(Cl)cn([C@@H](C)c4cc(F)cc(F)c4)c3=O)cc2C)cn1. The van der Waals surface area contributed by atoms with E-state index in [9.17, 15) is 13.6 Å². The average molecular weight is 456 g/mol. The number of hydrogen-bond acceptors (Lipinski definition) is 3. The molecule has 2 aromatic carbocycles. The fourth-order valence-corrected chi connectivity index (χ4v) is 3.75. The summed E-state index contributed by atoms with van der Waals surface area (Å²) in [5, 5.41) is 0.255. The molecule has 4 aromatic rings. The molecule has 0 bridgehead atoms. The van der Waals surface area contributed by atoms with E-state index in [1.165, 1.54) is 29.0 Å². The maximum atomic E-state index is 13.7. The summed E-state index contributed by atoms with van der Waals surface area (Å²) in [5.74, 6) is -0.977. The quantitative estimate of drug-likeness (QED) is 0.371. The lowest BCUT2D eigenvalue weighted by atomic mass is 10.1. The Hall–Kier alpha value is -3.45. The van der Waals surface area contributed by atoms with Crippen LogP contribution in [0.2, 0.25) is 5.02 Å². The second kappa shape index (κ2) is 8.59. The minimum atomic E-state index is -0.720. The molecular formula is C24H20ClF2N3O2. The highest BCUT2D eigenvalue weighted by Crippen LogP contribution is 2.27. The van der Waals surface area contributed by atoms with E-state index >= 15 is 0 Å². The molecule has 0 N–H and O–H groups in total. The van der Waals surface area contributed by atoms with Gasteiger partial charge in [-0.1, -0.05) is 11.6 Å². The zero-order valence-corrected chi connectivity index (χ0v) is 18.4. The van der Waals surface area contributed by atoms with E-state index < -0.39 is 23.2 Å². The minimum Gasteiger partial charge on any atom is -0.451 e. The fourth-order valence-electron chi connectivity index (χ4n) is 3.54. The number of pyridine rings is 1. The summed E-state index contributed by atoms with van der Waals surface area (Å²) < 4.78 is 36.4. The number of ether oxygens (including phenoxy) is 1. The third-order valence-corrected chi connectivity index (χ3v) is 5.35. The van der Waals surface area contributed by atoms with E-state index in [1.54, 1.807) is 25.4 Å². The number of hydrogen-bond donors (Lipinski definition) is 0. The first-order chi connectivity index (χ1) is 15.2. The van der Waals surface area contributed by atoms with Crippen LogP contribution in [-0.4, -0.2) is 14.1 Å². The first-order valence-corrected chi connectivity index (χ1v) is 10.3. The molecule has 8 heteroatoms. The van der Waals surface area contributed by atoms with Crippen LogP contribution in [0.4, 0.5) is 8.78 Å². The van der Waals surface area contributed by atoms with Gasteiger partial charge in [-0.3, -0.25) is 4.79 Å². The van der Waals surface area contributed by atoms with Gasteiger partial charge in [0.25, 0.3) is 5.56 Å². The van der Waals surface area contributed by atoms with Crippen LogP contribution in [-0.2, 0) is 0 Å². The van der Waals surface area contributed by atoms with Gasteiger partial charge >= 0.3 is 0 Å². The molecule has 0 saturated heterocycles. The Bertz CT molecular complexity index is 1340. The van der Waals surface area contributed by atoms with Crippen molar-refractivity contribution < 1.29 is 13.5 Å². The van der Waals surface area contributed by atoms with E-state index in [-0.39, 0.29) is 10.8 Å². The van der Waals surface area contributed by atoms with Crippen LogP contribution in [0.15, 0.2) is 66.0 Å². The number of imidazole rings is 1. The summed E-state index contributed by atoms with van der Waals surface area (Å²) in [4.78, 5) is 17.3. The molecule has 5 nitrogen and oxygen atoms in total. The van der Waals surface area contributed by atoms with E-state index in [0.717, 1.165) is 23.0 Å². The lowest BCUT2D eigenvalue weighted by Crippen LogP contribution is -2.24. The van der Waals surface area contributed by atoms with Gasteiger partial charge in [-0.05, 0) is 62.2 Å². The number of aryl methyl sites for hydroxylation is 2. The molecule has 0 spiro atoms. The summed E-state index contributed by atoms with van der Waals surface area (Å²) in [6, 6.07) is 9.32. The molecule has 32 heavy (non-hydrogen) atoms. The van der Waals surface area contributed by atoms with E-state index in [4.69, 9.17) is 16.3 Å². The Morgan fingerprint density at radius 3 is 2.38 bits per heavy atom. The molecule has 0 aliphatic carbocycles. The van der Waals surface area contributed by atoms with Gasteiger partial charge in [-0.15, -0.1) is 0 Å². The average Bonchev–Trinajstić information content (AvgIpc) is 3.15. The molecule has 0 aliphatic heterocycles. The fraction of sp³-hybridized carbons (Fsp3) is 0.167. The van der Waals surface area contributed by atoms with Crippen LogP contribution in [0.3, 0.4) is 0 Å². The van der Waals surface area contributed by atoms with Crippen LogP contribution in [0.1, 0.15) is 29.8 Å². The molecule has 1 atom stereocenters. The molecule has 0 amide bonds. The van der Waals surface area contributed by atoms with Crippen molar-refractivity contribution in [1.29, 1.82) is 0 Å². The molecule has 2 aromatic heterocycles. The summed E-state index contributed by atoms with van der Waals surface area (Å²) in [7, 11) is 0. The van der Waals surface area contributed by atoms with Crippen molar-refractivity contribution in [3.05, 3.63) is 105 Å². The second-order valence-electron chi connectivity index (χ2n) is 7.59. The number of rotatable bonds is 5. The van der Waals surface area contributed by atoms with Gasteiger partial charge in [0.15, 0.2) is 5.75 Å². The Kier molecular flexibility index (Phi) is 5.84. The Balaban J connectivity index is 1.67. The van der Waals surface area contributed by atoms with E-state index in [1.807, 2.05) is 30.7 Å². The Labute approximate surface area is 188 Å². The van der Waals surface area contributed by atoms with Gasteiger partial charge < -0.3 is 13.9 Å². The van der Waals surface area contributed by atoms with Gasteiger partial charge in [0.2, 0.25) is 0 Å². The van der Waals surface area contributed by atoms with Crippen LogP contribution in [0.25, 0.3) is 5.69 Å². The van der Waals surface area contributed by atoms with Crippen molar-refractivity contribution in [2.45, 2.75) is 26.8 Å². The molecular weight excluding hydrogens is 436 g/mol. The topological polar surface area (TPSA) is 49.0 Å². The Morgan fingerprint density at radius 2 is 1.75 bits per heavy atom. The predicted octanol–water partition coefficient (Wildman–Crippen LogP) is 5.98. The van der Waals surface area contributed by atoms with Crippen LogP contribution in [0.5, 0.6) is 11.5 Å². The number of nitrogens with zero attached hydrogens (tertiary/aromatic N) is 3. The summed E-state index contributed by atoms with van der Waals surface area (Å²) in [6.45, 7) is 5.49. The van der Waals surface area contributed by atoms with Crippen molar-refractivity contribution in [2.24, 2.45) is 0 Å². The lowest BCUT2D eigenvalue weighted by Gasteiger charge is -2.18.